The van der Waals surface area contributed by atoms with Gasteiger partial charge >= 0.3 is 5.69 Å². The van der Waals surface area contributed by atoms with Crippen LogP contribution in [0, 0.1) is 37.8 Å². The summed E-state index contributed by atoms with van der Waals surface area (Å²) in [7, 11) is 1.90. The van der Waals surface area contributed by atoms with Crippen molar-refractivity contribution in [3.8, 4) is 0 Å². The summed E-state index contributed by atoms with van der Waals surface area (Å²) >= 11 is 0. The standard InChI is InChI=1S/C14H18N4O3/c1-8-6-12(10(3)16(8)5)13(19)7-17-11(4)14(18(20)21)9(2)15-17/h6H,7H2,1-5H3. The highest BCUT2D eigenvalue weighted by atomic mass is 16.6. The van der Waals surface area contributed by atoms with Gasteiger partial charge in [-0.2, -0.15) is 5.10 Å². The predicted octanol–water partition coefficient (Wildman–Crippen LogP) is 2.25. The normalized spacial score (nSPS) is 10.9. The number of aromatic nitrogens is 3. The number of nitrogens with zero attached hydrogens (tertiary/aromatic N) is 4. The van der Waals surface area contributed by atoms with Crippen LogP contribution in [0.4, 0.5) is 5.69 Å². The summed E-state index contributed by atoms with van der Waals surface area (Å²) in [4.78, 5) is 22.9. The molecule has 0 spiro atoms. The van der Waals surface area contributed by atoms with Gasteiger partial charge in [-0.05, 0) is 33.8 Å². The largest absolute Gasteiger partial charge is 0.351 e. The molecule has 2 aromatic heterocycles. The number of hydrogen-bond donors (Lipinski definition) is 0. The average Bonchev–Trinajstić information content (AvgIpc) is 2.81. The van der Waals surface area contributed by atoms with Crippen LogP contribution in [0.2, 0.25) is 0 Å². The fourth-order valence-corrected chi connectivity index (χ4v) is 2.46. The lowest BCUT2D eigenvalue weighted by Gasteiger charge is -2.04. The average molecular weight is 290 g/mol. The second kappa shape index (κ2) is 5.16. The molecule has 0 aromatic carbocycles. The van der Waals surface area contributed by atoms with Gasteiger partial charge < -0.3 is 4.57 Å². The van der Waals surface area contributed by atoms with Crippen LogP contribution in [0.5, 0.6) is 0 Å². The number of nitro groups is 1. The number of ketones is 1. The third-order valence-corrected chi connectivity index (χ3v) is 3.89. The maximum Gasteiger partial charge on any atom is 0.312 e. The minimum absolute atomic E-state index is 0.00477. The molecule has 21 heavy (non-hydrogen) atoms. The topological polar surface area (TPSA) is 83.0 Å². The summed E-state index contributed by atoms with van der Waals surface area (Å²) < 4.78 is 3.34. The molecule has 2 aromatic rings. The summed E-state index contributed by atoms with van der Waals surface area (Å²) in [6.07, 6.45) is 0. The van der Waals surface area contributed by atoms with Crippen molar-refractivity contribution in [3.63, 3.8) is 0 Å². The van der Waals surface area contributed by atoms with Crippen LogP contribution >= 0.6 is 0 Å². The number of carbonyl (C=O) groups is 1. The third-order valence-electron chi connectivity index (χ3n) is 3.89. The Kier molecular flexibility index (Phi) is 3.67. The molecular formula is C14H18N4O3. The Morgan fingerprint density at radius 2 is 1.90 bits per heavy atom. The second-order valence-electron chi connectivity index (χ2n) is 5.20. The van der Waals surface area contributed by atoms with Crippen molar-refractivity contribution in [1.29, 1.82) is 0 Å². The zero-order chi connectivity index (χ0) is 15.9. The zero-order valence-corrected chi connectivity index (χ0v) is 12.8. The molecule has 0 saturated heterocycles. The first kappa shape index (κ1) is 15.0. The molecule has 0 aliphatic rings. The second-order valence-corrected chi connectivity index (χ2v) is 5.20. The Morgan fingerprint density at radius 1 is 1.29 bits per heavy atom. The summed E-state index contributed by atoms with van der Waals surface area (Å²) in [5.41, 5.74) is 3.21. The van der Waals surface area contributed by atoms with Crippen molar-refractivity contribution in [1.82, 2.24) is 14.3 Å². The molecule has 112 valence electrons. The van der Waals surface area contributed by atoms with E-state index in [1.807, 2.05) is 31.5 Å². The number of hydrogen-bond acceptors (Lipinski definition) is 4. The lowest BCUT2D eigenvalue weighted by molar-refractivity contribution is -0.386. The SMILES string of the molecule is Cc1nn(CC(=O)c2cc(C)n(C)c2C)c(C)c1[N+](=O)[O-]. The Balaban J connectivity index is 2.34. The summed E-state index contributed by atoms with van der Waals surface area (Å²) in [5.74, 6) is -0.100. The summed E-state index contributed by atoms with van der Waals surface area (Å²) in [5, 5.41) is 15.1. The van der Waals surface area contributed by atoms with E-state index in [2.05, 4.69) is 5.10 Å². The van der Waals surface area contributed by atoms with Crippen molar-refractivity contribution in [2.24, 2.45) is 7.05 Å². The van der Waals surface area contributed by atoms with Crippen LogP contribution in [0.15, 0.2) is 6.07 Å². The summed E-state index contributed by atoms with van der Waals surface area (Å²) in [6, 6.07) is 1.83. The molecule has 2 rings (SSSR count). The monoisotopic (exact) mass is 290 g/mol. The van der Waals surface area contributed by atoms with E-state index in [0.717, 1.165) is 11.4 Å². The van der Waals surface area contributed by atoms with Crippen LogP contribution in [-0.4, -0.2) is 25.1 Å². The molecule has 7 nitrogen and oxygen atoms in total. The van der Waals surface area contributed by atoms with Crippen molar-refractivity contribution in [2.45, 2.75) is 34.2 Å². The van der Waals surface area contributed by atoms with Gasteiger partial charge in [-0.25, -0.2) is 0 Å². The van der Waals surface area contributed by atoms with Gasteiger partial charge in [0.25, 0.3) is 0 Å². The van der Waals surface area contributed by atoms with E-state index >= 15 is 0 Å². The molecular weight excluding hydrogens is 272 g/mol. The van der Waals surface area contributed by atoms with Crippen LogP contribution in [0.25, 0.3) is 0 Å². The molecule has 0 aliphatic heterocycles. The first-order valence-corrected chi connectivity index (χ1v) is 6.58. The van der Waals surface area contributed by atoms with E-state index in [9.17, 15) is 14.9 Å². The van der Waals surface area contributed by atoms with E-state index in [1.54, 1.807) is 13.8 Å². The number of aryl methyl sites for hydroxylation is 2. The Bertz CT molecular complexity index is 740. The quantitative estimate of drug-likeness (QED) is 0.491. The smallest absolute Gasteiger partial charge is 0.312 e. The molecule has 0 N–H and O–H groups in total. The van der Waals surface area contributed by atoms with Crippen LogP contribution in [-0.2, 0) is 13.6 Å². The molecule has 7 heteroatoms. The van der Waals surface area contributed by atoms with Crippen LogP contribution in [0.1, 0.15) is 33.1 Å². The Morgan fingerprint density at radius 3 is 2.33 bits per heavy atom. The number of carbonyl (C=O) groups excluding carboxylic acids is 1. The van der Waals surface area contributed by atoms with E-state index in [4.69, 9.17) is 0 Å². The summed E-state index contributed by atoms with van der Waals surface area (Å²) in [6.45, 7) is 6.99. The van der Waals surface area contributed by atoms with E-state index in [0.29, 0.717) is 17.0 Å². The van der Waals surface area contributed by atoms with Gasteiger partial charge in [-0.3, -0.25) is 19.6 Å². The van der Waals surface area contributed by atoms with Gasteiger partial charge in [-0.15, -0.1) is 0 Å². The van der Waals surface area contributed by atoms with E-state index in [1.165, 1.54) is 4.68 Å². The first-order chi connectivity index (χ1) is 9.73. The van der Waals surface area contributed by atoms with Gasteiger partial charge in [-0.1, -0.05) is 0 Å². The Labute approximate surface area is 122 Å². The van der Waals surface area contributed by atoms with Gasteiger partial charge in [0.1, 0.15) is 17.9 Å². The lowest BCUT2D eigenvalue weighted by Crippen LogP contribution is -2.14. The van der Waals surface area contributed by atoms with Gasteiger partial charge in [0.2, 0.25) is 0 Å². The van der Waals surface area contributed by atoms with Crippen molar-refractivity contribution >= 4 is 11.5 Å². The fraction of sp³-hybridized carbons (Fsp3) is 0.429. The zero-order valence-electron chi connectivity index (χ0n) is 12.8. The van der Waals surface area contributed by atoms with Crippen molar-refractivity contribution < 1.29 is 9.72 Å². The van der Waals surface area contributed by atoms with E-state index < -0.39 is 4.92 Å². The fourth-order valence-electron chi connectivity index (χ4n) is 2.46. The maximum absolute atomic E-state index is 12.4. The van der Waals surface area contributed by atoms with Crippen molar-refractivity contribution in [2.75, 3.05) is 0 Å². The molecule has 0 amide bonds. The molecule has 0 atom stereocenters. The molecule has 0 unspecified atom stereocenters. The molecule has 0 radical (unpaired) electrons. The van der Waals surface area contributed by atoms with Gasteiger partial charge in [0.05, 0.1) is 4.92 Å². The highest BCUT2D eigenvalue weighted by Crippen LogP contribution is 2.22. The third kappa shape index (κ3) is 2.46. The number of Topliss-reactive ketones (excluding diaryl/α,β-unsaturated/α-hetero) is 1. The lowest BCUT2D eigenvalue weighted by atomic mass is 10.1. The van der Waals surface area contributed by atoms with Gasteiger partial charge in [0, 0.05) is 24.0 Å². The minimum atomic E-state index is -0.462. The molecule has 2 heterocycles. The van der Waals surface area contributed by atoms with Crippen molar-refractivity contribution in [3.05, 3.63) is 44.5 Å². The molecule has 0 fully saturated rings. The molecule has 0 aliphatic carbocycles. The highest BCUT2D eigenvalue weighted by Gasteiger charge is 2.24. The highest BCUT2D eigenvalue weighted by molar-refractivity contribution is 5.97. The Hall–Kier alpha value is -2.44. The first-order valence-electron chi connectivity index (χ1n) is 6.58. The predicted molar refractivity (Wildman–Crippen MR) is 77.6 cm³/mol. The van der Waals surface area contributed by atoms with E-state index in [-0.39, 0.29) is 18.0 Å². The van der Waals surface area contributed by atoms with Gasteiger partial charge in [0.15, 0.2) is 5.78 Å². The number of rotatable bonds is 4. The maximum atomic E-state index is 12.4. The minimum Gasteiger partial charge on any atom is -0.351 e. The van der Waals surface area contributed by atoms with Crippen LogP contribution in [0.3, 0.4) is 0 Å². The molecule has 0 bridgehead atoms. The van der Waals surface area contributed by atoms with Crippen LogP contribution < -0.4 is 0 Å². The molecule has 0 saturated carbocycles.